The molecule has 3 nitrogen and oxygen atoms in total. The molecule has 98 valence electrons. The molecule has 1 amide bonds. The quantitative estimate of drug-likeness (QED) is 0.663. The van der Waals surface area contributed by atoms with E-state index in [0.29, 0.717) is 6.54 Å². The smallest absolute Gasteiger partial charge is 0.245 e. The van der Waals surface area contributed by atoms with Gasteiger partial charge in [0.25, 0.3) is 0 Å². The third-order valence-corrected chi connectivity index (χ3v) is 2.82. The Morgan fingerprint density at radius 3 is 2.44 bits per heavy atom. The lowest BCUT2D eigenvalue weighted by Crippen LogP contribution is -2.26. The number of benzene rings is 1. The van der Waals surface area contributed by atoms with Gasteiger partial charge in [-0.25, -0.2) is 0 Å². The fraction of sp³-hybridized carbons (Fsp3) is 0.250. The van der Waals surface area contributed by atoms with E-state index in [9.17, 15) is 4.79 Å². The number of amides is 1. The molecule has 3 N–H and O–H groups in total. The summed E-state index contributed by atoms with van der Waals surface area (Å²) in [5.41, 5.74) is 6.47. The number of nitrogens with two attached hydrogens (primary N) is 1. The maximum Gasteiger partial charge on any atom is 0.245 e. The van der Waals surface area contributed by atoms with Crippen LogP contribution in [0.2, 0.25) is 0 Å². The van der Waals surface area contributed by atoms with Crippen molar-refractivity contribution in [3.05, 3.63) is 47.7 Å². The zero-order chi connectivity index (χ0) is 13.6. The van der Waals surface area contributed by atoms with Crippen molar-refractivity contribution in [2.45, 2.75) is 10.2 Å². The van der Waals surface area contributed by atoms with Crippen LogP contribution < -0.4 is 11.1 Å². The van der Waals surface area contributed by atoms with Gasteiger partial charge in [0.15, 0.2) is 0 Å². The summed E-state index contributed by atoms with van der Waals surface area (Å²) in [5.74, 6) is -0.380. The Kier molecular flexibility index (Phi) is 5.79. The molecule has 0 aliphatic rings. The Labute approximate surface area is 121 Å². The van der Waals surface area contributed by atoms with Crippen molar-refractivity contribution in [1.29, 1.82) is 0 Å². The van der Waals surface area contributed by atoms with Gasteiger partial charge in [-0.05, 0) is 12.0 Å². The van der Waals surface area contributed by atoms with E-state index in [1.807, 2.05) is 30.3 Å². The van der Waals surface area contributed by atoms with Crippen LogP contribution in [0.3, 0.4) is 0 Å². The summed E-state index contributed by atoms with van der Waals surface area (Å²) in [6, 6.07) is 9.79. The minimum Gasteiger partial charge on any atom is -0.398 e. The average Bonchev–Trinajstić information content (AvgIpc) is 2.29. The molecule has 0 fully saturated rings. The van der Waals surface area contributed by atoms with Crippen LogP contribution in [0.4, 0.5) is 0 Å². The van der Waals surface area contributed by atoms with Crippen LogP contribution in [0.5, 0.6) is 0 Å². The maximum atomic E-state index is 11.4. The fourth-order valence-electron chi connectivity index (χ4n) is 1.25. The van der Waals surface area contributed by atoms with Crippen LogP contribution in [0.1, 0.15) is 5.56 Å². The van der Waals surface area contributed by atoms with Gasteiger partial charge in [0.1, 0.15) is 0 Å². The summed E-state index contributed by atoms with van der Waals surface area (Å²) in [4.78, 5) is 11.4. The molecule has 0 radical (unpaired) electrons. The van der Waals surface area contributed by atoms with Gasteiger partial charge in [-0.1, -0.05) is 65.1 Å². The van der Waals surface area contributed by atoms with Gasteiger partial charge in [0, 0.05) is 12.6 Å². The van der Waals surface area contributed by atoms with E-state index in [1.54, 1.807) is 0 Å². The normalized spacial score (nSPS) is 12.3. The number of nitrogens with one attached hydrogen (secondary N) is 1. The Hall–Kier alpha value is -0.900. The molecule has 0 aromatic heterocycles. The Morgan fingerprint density at radius 2 is 1.89 bits per heavy atom. The third kappa shape index (κ3) is 5.63. The third-order valence-electron chi connectivity index (χ3n) is 2.17. The lowest BCUT2D eigenvalue weighted by molar-refractivity contribution is -0.116. The molecule has 0 aliphatic heterocycles. The highest BCUT2D eigenvalue weighted by atomic mass is 35.6. The van der Waals surface area contributed by atoms with Gasteiger partial charge < -0.3 is 11.1 Å². The highest BCUT2D eigenvalue weighted by Crippen LogP contribution is 2.31. The lowest BCUT2D eigenvalue weighted by atomic mass is 10.1. The summed E-state index contributed by atoms with van der Waals surface area (Å²) in [7, 11) is 0. The molecule has 1 aromatic carbocycles. The van der Waals surface area contributed by atoms with Crippen molar-refractivity contribution >= 4 is 40.7 Å². The highest BCUT2D eigenvalue weighted by molar-refractivity contribution is 6.69. The highest BCUT2D eigenvalue weighted by Gasteiger charge is 2.23. The number of hydrogen-bond donors (Lipinski definition) is 2. The van der Waals surface area contributed by atoms with Crippen LogP contribution in [0, 0.1) is 0 Å². The first-order chi connectivity index (χ1) is 8.39. The molecular weight excluding hydrogens is 295 g/mol. The molecule has 6 heteroatoms. The fourth-order valence-corrected chi connectivity index (χ4v) is 1.41. The lowest BCUT2D eigenvalue weighted by Gasteiger charge is -2.10. The van der Waals surface area contributed by atoms with Crippen molar-refractivity contribution in [2.75, 3.05) is 6.54 Å². The summed E-state index contributed by atoms with van der Waals surface area (Å²) >= 11 is 16.5. The van der Waals surface area contributed by atoms with E-state index in [4.69, 9.17) is 40.5 Å². The minimum atomic E-state index is -1.75. The molecule has 0 saturated carbocycles. The number of carbonyl (C=O) groups excluding carboxylic acids is 1. The van der Waals surface area contributed by atoms with Crippen molar-refractivity contribution in [3.63, 3.8) is 0 Å². The van der Waals surface area contributed by atoms with Gasteiger partial charge in [-0.3, -0.25) is 4.79 Å². The molecule has 0 unspecified atom stereocenters. The molecule has 0 atom stereocenters. The summed E-state index contributed by atoms with van der Waals surface area (Å²) in [6.07, 6.45) is 1.81. The SMILES string of the molecule is N/C(=C\C(=O)NCCc1ccccc1)C(Cl)(Cl)Cl. The van der Waals surface area contributed by atoms with Crippen molar-refractivity contribution in [1.82, 2.24) is 5.32 Å². The number of rotatable bonds is 4. The van der Waals surface area contributed by atoms with Crippen LogP contribution in [0.25, 0.3) is 0 Å². The van der Waals surface area contributed by atoms with Crippen LogP contribution in [-0.4, -0.2) is 16.2 Å². The van der Waals surface area contributed by atoms with Gasteiger partial charge in [0.05, 0.1) is 5.70 Å². The number of hydrogen-bond acceptors (Lipinski definition) is 2. The van der Waals surface area contributed by atoms with Gasteiger partial charge in [-0.2, -0.15) is 0 Å². The van der Waals surface area contributed by atoms with Crippen molar-refractivity contribution < 1.29 is 4.79 Å². The van der Waals surface area contributed by atoms with Crippen LogP contribution in [-0.2, 0) is 11.2 Å². The van der Waals surface area contributed by atoms with E-state index in [-0.39, 0.29) is 11.6 Å². The largest absolute Gasteiger partial charge is 0.398 e. The molecular formula is C12H13Cl3N2O. The predicted molar refractivity (Wildman–Crippen MR) is 75.7 cm³/mol. The van der Waals surface area contributed by atoms with Crippen molar-refractivity contribution in [2.24, 2.45) is 5.73 Å². The van der Waals surface area contributed by atoms with E-state index in [2.05, 4.69) is 5.32 Å². The van der Waals surface area contributed by atoms with E-state index in [0.717, 1.165) is 18.1 Å². The Bertz CT molecular complexity index is 427. The molecule has 0 aliphatic carbocycles. The van der Waals surface area contributed by atoms with E-state index < -0.39 is 3.79 Å². The Morgan fingerprint density at radius 1 is 1.28 bits per heavy atom. The second-order valence-corrected chi connectivity index (χ2v) is 5.91. The standard InChI is InChI=1S/C12H13Cl3N2O/c13-12(14,15)10(16)8-11(18)17-7-6-9-4-2-1-3-5-9/h1-5,8H,6-7,16H2,(H,17,18)/b10-8-. The summed E-state index contributed by atoms with van der Waals surface area (Å²) in [6.45, 7) is 0.493. The number of halogens is 3. The first kappa shape index (κ1) is 15.2. The van der Waals surface area contributed by atoms with E-state index >= 15 is 0 Å². The first-order valence-corrected chi connectivity index (χ1v) is 6.39. The maximum absolute atomic E-state index is 11.4. The topological polar surface area (TPSA) is 55.1 Å². The second kappa shape index (κ2) is 6.88. The summed E-state index contributed by atoms with van der Waals surface area (Å²) < 4.78 is -1.75. The van der Waals surface area contributed by atoms with Gasteiger partial charge >= 0.3 is 0 Å². The van der Waals surface area contributed by atoms with Crippen LogP contribution in [0.15, 0.2) is 42.1 Å². The minimum absolute atomic E-state index is 0.107. The molecule has 1 aromatic rings. The Balaban J connectivity index is 2.39. The van der Waals surface area contributed by atoms with E-state index in [1.165, 1.54) is 0 Å². The number of allylic oxidation sites excluding steroid dienone is 1. The van der Waals surface area contributed by atoms with Crippen molar-refractivity contribution in [3.8, 4) is 0 Å². The second-order valence-electron chi connectivity index (χ2n) is 3.62. The van der Waals surface area contributed by atoms with Crippen LogP contribution >= 0.6 is 34.8 Å². The first-order valence-electron chi connectivity index (χ1n) is 5.25. The van der Waals surface area contributed by atoms with Gasteiger partial charge in [-0.15, -0.1) is 0 Å². The monoisotopic (exact) mass is 306 g/mol. The average molecular weight is 308 g/mol. The summed E-state index contributed by atoms with van der Waals surface area (Å²) in [5, 5.41) is 2.66. The molecule has 0 heterocycles. The molecule has 0 saturated heterocycles. The molecule has 18 heavy (non-hydrogen) atoms. The number of alkyl halides is 3. The zero-order valence-electron chi connectivity index (χ0n) is 9.50. The number of carbonyl (C=O) groups is 1. The van der Waals surface area contributed by atoms with Gasteiger partial charge in [0.2, 0.25) is 9.70 Å². The predicted octanol–water partition coefficient (Wildman–Crippen LogP) is 2.56. The zero-order valence-corrected chi connectivity index (χ0v) is 11.8. The molecule has 0 bridgehead atoms. The molecule has 1 rings (SSSR count). The molecule has 0 spiro atoms.